The van der Waals surface area contributed by atoms with E-state index in [1.54, 1.807) is 0 Å². The van der Waals surface area contributed by atoms with Crippen LogP contribution in [0.5, 0.6) is 0 Å². The molecule has 1 fully saturated rings. The smallest absolute Gasteiger partial charge is 0.226 e. The van der Waals surface area contributed by atoms with Gasteiger partial charge in [-0.1, -0.05) is 48.0 Å². The molecule has 4 rings (SSSR count). The van der Waals surface area contributed by atoms with Crippen LogP contribution in [0.2, 0.25) is 0 Å². The number of nitrogens with zero attached hydrogens (tertiary/aromatic N) is 4. The molecule has 0 bridgehead atoms. The highest BCUT2D eigenvalue weighted by Gasteiger charge is 2.18. The van der Waals surface area contributed by atoms with Crippen LogP contribution in [0.1, 0.15) is 5.56 Å². The Morgan fingerprint density at radius 2 is 1.54 bits per heavy atom. The second-order valence-corrected chi connectivity index (χ2v) is 6.55. The molecule has 2 aromatic carbocycles. The van der Waals surface area contributed by atoms with Crippen LogP contribution in [0, 0.1) is 6.92 Å². The van der Waals surface area contributed by atoms with E-state index in [1.807, 2.05) is 6.07 Å². The molecule has 122 valence electrons. The summed E-state index contributed by atoms with van der Waals surface area (Å²) in [5, 5.41) is 1.11. The summed E-state index contributed by atoms with van der Waals surface area (Å²) in [6.07, 6.45) is 0. The molecule has 0 spiro atoms. The second-order valence-electron chi connectivity index (χ2n) is 6.55. The number of hydrogen-bond donors (Lipinski definition) is 0. The van der Waals surface area contributed by atoms with Crippen molar-refractivity contribution in [3.63, 3.8) is 0 Å². The van der Waals surface area contributed by atoms with Gasteiger partial charge in [0, 0.05) is 37.1 Å². The van der Waals surface area contributed by atoms with Crippen molar-refractivity contribution in [1.82, 2.24) is 14.9 Å². The van der Waals surface area contributed by atoms with Crippen molar-refractivity contribution in [3.05, 3.63) is 54.1 Å². The van der Waals surface area contributed by atoms with E-state index < -0.39 is 0 Å². The van der Waals surface area contributed by atoms with Gasteiger partial charge in [0.1, 0.15) is 0 Å². The molecule has 1 saturated heterocycles. The Kier molecular flexibility index (Phi) is 3.90. The van der Waals surface area contributed by atoms with Gasteiger partial charge >= 0.3 is 0 Å². The van der Waals surface area contributed by atoms with Crippen LogP contribution in [0.25, 0.3) is 22.2 Å². The number of benzene rings is 2. The predicted molar refractivity (Wildman–Crippen MR) is 99.4 cm³/mol. The number of para-hydroxylation sites is 1. The van der Waals surface area contributed by atoms with Crippen molar-refractivity contribution in [2.75, 3.05) is 38.1 Å². The number of likely N-dealkylation sites (N-methyl/N-ethyl adjacent to an activating group) is 1. The van der Waals surface area contributed by atoms with Gasteiger partial charge < -0.3 is 9.80 Å². The normalized spacial score (nSPS) is 15.8. The SMILES string of the molecule is Cc1ccc(-c2nc(N3CCN(C)CC3)nc3ccccc23)cc1. The van der Waals surface area contributed by atoms with E-state index in [9.17, 15) is 0 Å². The van der Waals surface area contributed by atoms with Gasteiger partial charge in [-0.25, -0.2) is 9.97 Å². The molecule has 0 amide bonds. The number of fused-ring (bicyclic) bond motifs is 1. The average molecular weight is 318 g/mol. The first-order valence-electron chi connectivity index (χ1n) is 8.48. The van der Waals surface area contributed by atoms with Gasteiger partial charge in [0.2, 0.25) is 5.95 Å². The lowest BCUT2D eigenvalue weighted by Gasteiger charge is -2.32. The third kappa shape index (κ3) is 2.85. The number of aromatic nitrogens is 2. The lowest BCUT2D eigenvalue weighted by molar-refractivity contribution is 0.311. The van der Waals surface area contributed by atoms with Crippen molar-refractivity contribution in [2.45, 2.75) is 6.92 Å². The van der Waals surface area contributed by atoms with E-state index in [4.69, 9.17) is 9.97 Å². The van der Waals surface area contributed by atoms with Gasteiger partial charge in [-0.2, -0.15) is 0 Å². The number of piperazine rings is 1. The zero-order chi connectivity index (χ0) is 16.5. The van der Waals surface area contributed by atoms with Crippen molar-refractivity contribution >= 4 is 16.9 Å². The molecule has 1 aliphatic rings. The van der Waals surface area contributed by atoms with E-state index in [0.717, 1.165) is 54.3 Å². The molecule has 0 atom stereocenters. The van der Waals surface area contributed by atoms with Gasteiger partial charge in [0.05, 0.1) is 11.2 Å². The Morgan fingerprint density at radius 3 is 2.29 bits per heavy atom. The summed E-state index contributed by atoms with van der Waals surface area (Å²) in [5.74, 6) is 0.845. The molecule has 0 radical (unpaired) electrons. The average Bonchev–Trinajstić information content (AvgIpc) is 2.62. The summed E-state index contributed by atoms with van der Waals surface area (Å²) in [6.45, 7) is 6.16. The van der Waals surface area contributed by atoms with E-state index in [2.05, 4.69) is 66.2 Å². The van der Waals surface area contributed by atoms with Crippen molar-refractivity contribution in [2.24, 2.45) is 0 Å². The number of aryl methyl sites for hydroxylation is 1. The molecule has 0 aliphatic carbocycles. The quantitative estimate of drug-likeness (QED) is 0.725. The summed E-state index contributed by atoms with van der Waals surface area (Å²) in [5.41, 5.74) is 4.44. The van der Waals surface area contributed by atoms with Gasteiger partial charge in [0.15, 0.2) is 0 Å². The van der Waals surface area contributed by atoms with Crippen LogP contribution in [0.15, 0.2) is 48.5 Å². The lowest BCUT2D eigenvalue weighted by atomic mass is 10.1. The zero-order valence-electron chi connectivity index (χ0n) is 14.2. The van der Waals surface area contributed by atoms with E-state index >= 15 is 0 Å². The van der Waals surface area contributed by atoms with Crippen LogP contribution >= 0.6 is 0 Å². The predicted octanol–water partition coefficient (Wildman–Crippen LogP) is 3.36. The highest BCUT2D eigenvalue weighted by molar-refractivity contribution is 5.93. The van der Waals surface area contributed by atoms with Crippen molar-refractivity contribution in [1.29, 1.82) is 0 Å². The van der Waals surface area contributed by atoms with E-state index in [-0.39, 0.29) is 0 Å². The number of rotatable bonds is 2. The molecule has 24 heavy (non-hydrogen) atoms. The molecule has 4 heteroatoms. The molecule has 1 aliphatic heterocycles. The molecular formula is C20H22N4. The maximum Gasteiger partial charge on any atom is 0.226 e. The largest absolute Gasteiger partial charge is 0.338 e. The summed E-state index contributed by atoms with van der Waals surface area (Å²) in [4.78, 5) is 14.4. The fraction of sp³-hybridized carbons (Fsp3) is 0.300. The van der Waals surface area contributed by atoms with Crippen LogP contribution in [0.3, 0.4) is 0 Å². The zero-order valence-corrected chi connectivity index (χ0v) is 14.2. The van der Waals surface area contributed by atoms with Crippen LogP contribution < -0.4 is 4.90 Å². The van der Waals surface area contributed by atoms with Crippen molar-refractivity contribution in [3.8, 4) is 11.3 Å². The molecular weight excluding hydrogens is 296 g/mol. The highest BCUT2D eigenvalue weighted by Crippen LogP contribution is 2.28. The second kappa shape index (κ2) is 6.21. The molecule has 0 N–H and O–H groups in total. The maximum absolute atomic E-state index is 4.95. The molecule has 1 aromatic heterocycles. The first-order chi connectivity index (χ1) is 11.7. The van der Waals surface area contributed by atoms with Crippen LogP contribution in [-0.2, 0) is 0 Å². The van der Waals surface area contributed by atoms with E-state index in [1.165, 1.54) is 5.56 Å². The summed E-state index contributed by atoms with van der Waals surface area (Å²) in [6, 6.07) is 16.9. The Bertz CT molecular complexity index is 849. The third-order valence-electron chi connectivity index (χ3n) is 4.70. The monoisotopic (exact) mass is 318 g/mol. The Balaban J connectivity index is 1.83. The van der Waals surface area contributed by atoms with Crippen LogP contribution in [-0.4, -0.2) is 48.1 Å². The fourth-order valence-corrected chi connectivity index (χ4v) is 3.14. The van der Waals surface area contributed by atoms with Crippen LogP contribution in [0.4, 0.5) is 5.95 Å². The first kappa shape index (κ1) is 15.1. The lowest BCUT2D eigenvalue weighted by Crippen LogP contribution is -2.45. The minimum absolute atomic E-state index is 0.845. The minimum Gasteiger partial charge on any atom is -0.338 e. The number of hydrogen-bond acceptors (Lipinski definition) is 4. The molecule has 0 unspecified atom stereocenters. The number of anilines is 1. The highest BCUT2D eigenvalue weighted by atomic mass is 15.3. The standard InChI is InChI=1S/C20H22N4/c1-15-7-9-16(10-8-15)19-17-5-3-4-6-18(17)21-20(22-19)24-13-11-23(2)12-14-24/h3-10H,11-14H2,1-2H3. The Morgan fingerprint density at radius 1 is 0.833 bits per heavy atom. The molecule has 4 nitrogen and oxygen atoms in total. The fourth-order valence-electron chi connectivity index (χ4n) is 3.14. The van der Waals surface area contributed by atoms with Crippen molar-refractivity contribution < 1.29 is 0 Å². The van der Waals surface area contributed by atoms with Gasteiger partial charge in [-0.3, -0.25) is 0 Å². The van der Waals surface area contributed by atoms with Gasteiger partial charge in [-0.05, 0) is 20.0 Å². The first-order valence-corrected chi connectivity index (χ1v) is 8.48. The Hall–Kier alpha value is -2.46. The third-order valence-corrected chi connectivity index (χ3v) is 4.70. The van der Waals surface area contributed by atoms with E-state index in [0.29, 0.717) is 0 Å². The topological polar surface area (TPSA) is 32.3 Å². The van der Waals surface area contributed by atoms with Gasteiger partial charge in [0.25, 0.3) is 0 Å². The molecule has 3 aromatic rings. The van der Waals surface area contributed by atoms with Gasteiger partial charge in [-0.15, -0.1) is 0 Å². The maximum atomic E-state index is 4.95. The summed E-state index contributed by atoms with van der Waals surface area (Å²) < 4.78 is 0. The minimum atomic E-state index is 0.845. The summed E-state index contributed by atoms with van der Waals surface area (Å²) >= 11 is 0. The summed E-state index contributed by atoms with van der Waals surface area (Å²) in [7, 11) is 2.16. The molecule has 0 saturated carbocycles. The Labute approximate surface area is 142 Å². The molecule has 2 heterocycles.